The molecule has 0 amide bonds. The molecule has 0 atom stereocenters. The van der Waals surface area contributed by atoms with Crippen molar-refractivity contribution in [2.75, 3.05) is 0 Å². The quantitative estimate of drug-likeness (QED) is 0.115. The first kappa shape index (κ1) is 86.4. The van der Waals surface area contributed by atoms with E-state index in [0.717, 1.165) is 5.69 Å². The lowest BCUT2D eigenvalue weighted by Crippen LogP contribution is -2.10. The van der Waals surface area contributed by atoms with Gasteiger partial charge in [0.1, 0.15) is 0 Å². The van der Waals surface area contributed by atoms with Crippen LogP contribution in [0.15, 0.2) is 479 Å². The van der Waals surface area contributed by atoms with Gasteiger partial charge >= 0.3 is 0 Å². The standard InChI is InChI=1S/C52H33N.C48H41N.C42H29N/c1-4-10-34(11-5-1)40-22-30-49-47(32-40)48-33-41(35-12-6-2-7-13-35)23-31-50(48)53(49)42-24-16-37(17-25-42)44-27-19-39-20-28-45-43(36-14-8-3-9-15-36)26-18-38-21-29-46(44)52(39)51(38)45;1-47(2,3)34-18-26-43-41(28-34)42-29-35(48(4,5)6)19-27-44(42)49(43)36-20-12-31(13-21-36)38-23-15-33-16-24-39-37(30-10-8-7-9-11-30)22-14-32-17-25-40(38)46(33)45(32)39;1-26-8-22-39-37(24-26)38-25-27(2)9-23-40(38)43(39)32-16-10-29(11-17-32)34-19-13-31-14-20-35-33(28-6-4-3-5-7-28)18-12-30-15-21-36(34)42(31)41(30)35/h1-33H;7-29H,1-6H3;3-25H,1-2H3. The van der Waals surface area contributed by atoms with Crippen molar-refractivity contribution in [2.45, 2.75) is 66.2 Å². The molecule has 145 heavy (non-hydrogen) atoms. The Morgan fingerprint density at radius 3 is 0.579 bits per heavy atom. The number of aryl methyl sites for hydroxylation is 2. The van der Waals surface area contributed by atoms with Crippen LogP contribution in [0, 0.1) is 13.8 Å². The summed E-state index contributed by atoms with van der Waals surface area (Å²) in [7, 11) is 0. The van der Waals surface area contributed by atoms with Crippen LogP contribution in [0.25, 0.3) is 268 Å². The highest BCUT2D eigenvalue weighted by Gasteiger charge is 2.26. The Morgan fingerprint density at radius 1 is 0.145 bits per heavy atom. The molecule has 0 fully saturated rings. The van der Waals surface area contributed by atoms with E-state index in [-0.39, 0.29) is 10.8 Å². The van der Waals surface area contributed by atoms with Gasteiger partial charge in [-0.3, -0.25) is 0 Å². The summed E-state index contributed by atoms with van der Waals surface area (Å²) in [5.41, 5.74) is 36.3. The van der Waals surface area contributed by atoms with Gasteiger partial charge < -0.3 is 13.7 Å². The van der Waals surface area contributed by atoms with Crippen molar-refractivity contribution in [1.82, 2.24) is 13.7 Å². The van der Waals surface area contributed by atoms with E-state index in [4.69, 9.17) is 0 Å². The summed E-state index contributed by atoms with van der Waals surface area (Å²) in [6.07, 6.45) is 0. The Hall–Kier alpha value is -17.8. The van der Waals surface area contributed by atoms with Gasteiger partial charge in [0.25, 0.3) is 0 Å². The second-order valence-electron chi connectivity index (χ2n) is 41.9. The average Bonchev–Trinajstić information content (AvgIpc) is 1.72. The summed E-state index contributed by atoms with van der Waals surface area (Å²) < 4.78 is 7.28. The molecule has 3 heterocycles. The van der Waals surface area contributed by atoms with E-state index in [9.17, 15) is 0 Å². The van der Waals surface area contributed by atoms with Gasteiger partial charge in [-0.2, -0.15) is 0 Å². The second kappa shape index (κ2) is 34.0. The number of aromatic nitrogens is 3. The molecule has 0 unspecified atom stereocenters. The van der Waals surface area contributed by atoms with Crippen LogP contribution in [0.1, 0.15) is 63.8 Å². The van der Waals surface area contributed by atoms with Crippen LogP contribution < -0.4 is 0 Å². The predicted molar refractivity (Wildman–Crippen MR) is 624 cm³/mol. The van der Waals surface area contributed by atoms with Gasteiger partial charge in [0, 0.05) is 49.4 Å². The van der Waals surface area contributed by atoms with Gasteiger partial charge in [-0.15, -0.1) is 0 Å². The van der Waals surface area contributed by atoms with E-state index in [0.29, 0.717) is 0 Å². The zero-order valence-electron chi connectivity index (χ0n) is 82.5. The third kappa shape index (κ3) is 14.5. The summed E-state index contributed by atoms with van der Waals surface area (Å²) in [6, 6.07) is 178. The Balaban J connectivity index is 0.000000109. The monoisotopic (exact) mass is 1850 g/mol. The SMILES string of the molecule is CC(C)(C)c1ccc2c(c1)c1cc(C(C)(C)C)ccc1n2-c1ccc(-c2ccc3ccc4c(-c5ccccc5)ccc5ccc2c3c54)cc1.Cc1ccc2c(c1)c1cc(C)ccc1n2-c1ccc(-c2ccc3ccc4c(-c5ccccc5)ccc5ccc2c3c54)cc1.c1ccc(-c2ccc3c(c2)c2cc(-c4ccccc4)ccc2n3-c2ccc(-c3ccc4ccc5c(-c6ccccc6)ccc6ccc3c4c65)cc2)cc1. The Labute approximate surface area is 843 Å². The normalized spacial score (nSPS) is 12.1. The largest absolute Gasteiger partial charge is 0.309 e. The third-order valence-corrected chi connectivity index (χ3v) is 31.1. The Morgan fingerprint density at radius 2 is 0.338 bits per heavy atom. The molecule has 3 heteroatoms. The van der Waals surface area contributed by atoms with E-state index in [1.807, 2.05) is 0 Å². The van der Waals surface area contributed by atoms with E-state index in [1.54, 1.807) is 0 Å². The van der Waals surface area contributed by atoms with Gasteiger partial charge in [-0.05, 0) is 331 Å². The fraction of sp³-hybridized carbons (Fsp3) is 0.0704. The second-order valence-corrected chi connectivity index (χ2v) is 41.9. The fourth-order valence-corrected chi connectivity index (χ4v) is 23.8. The zero-order valence-corrected chi connectivity index (χ0v) is 82.5. The van der Waals surface area contributed by atoms with Crippen LogP contribution in [0.2, 0.25) is 0 Å². The van der Waals surface area contributed by atoms with Crippen molar-refractivity contribution >= 4 is 162 Å². The first-order chi connectivity index (χ1) is 71.0. The number of rotatable bonds is 11. The van der Waals surface area contributed by atoms with Crippen LogP contribution in [0.3, 0.4) is 0 Å². The van der Waals surface area contributed by atoms with E-state index in [1.165, 1.54) is 285 Å². The third-order valence-electron chi connectivity index (χ3n) is 31.1. The van der Waals surface area contributed by atoms with E-state index < -0.39 is 0 Å². The molecule has 0 aliphatic carbocycles. The minimum absolute atomic E-state index is 0.0791. The fourth-order valence-electron chi connectivity index (χ4n) is 23.8. The summed E-state index contributed by atoms with van der Waals surface area (Å²) in [6.45, 7) is 18.1. The van der Waals surface area contributed by atoms with Crippen molar-refractivity contribution in [3.63, 3.8) is 0 Å². The van der Waals surface area contributed by atoms with E-state index >= 15 is 0 Å². The molecule has 3 aromatic heterocycles. The average molecular weight is 1850 g/mol. The summed E-state index contributed by atoms with van der Waals surface area (Å²) >= 11 is 0. The summed E-state index contributed by atoms with van der Waals surface area (Å²) in [5, 5.41) is 31.4. The maximum Gasteiger partial charge on any atom is 0.0541 e. The van der Waals surface area contributed by atoms with Crippen molar-refractivity contribution in [3.8, 4) is 106 Å². The van der Waals surface area contributed by atoms with Crippen LogP contribution in [0.4, 0.5) is 0 Å². The molecule has 0 bridgehead atoms. The highest BCUT2D eigenvalue weighted by molar-refractivity contribution is 6.31. The van der Waals surface area contributed by atoms with Gasteiger partial charge in [0.05, 0.1) is 33.1 Å². The highest BCUT2D eigenvalue weighted by Crippen LogP contribution is 2.50. The molecular formula is C142H103N3. The molecule has 0 aliphatic heterocycles. The lowest BCUT2D eigenvalue weighted by atomic mass is 9.85. The van der Waals surface area contributed by atoms with Crippen LogP contribution in [-0.4, -0.2) is 13.7 Å². The molecule has 29 rings (SSSR count). The van der Waals surface area contributed by atoms with Gasteiger partial charge in [0.2, 0.25) is 0 Å². The van der Waals surface area contributed by atoms with Crippen molar-refractivity contribution in [1.29, 1.82) is 0 Å². The molecular weight excluding hydrogens is 1750 g/mol. The lowest BCUT2D eigenvalue weighted by Gasteiger charge is -2.19. The summed E-state index contributed by atoms with van der Waals surface area (Å²) in [5.74, 6) is 0. The first-order valence-corrected chi connectivity index (χ1v) is 50.9. The van der Waals surface area contributed by atoms with Crippen molar-refractivity contribution in [2.24, 2.45) is 0 Å². The Bertz CT molecular complexity index is 9930. The Kier molecular flexibility index (Phi) is 20.3. The minimum atomic E-state index is 0.0791. The highest BCUT2D eigenvalue weighted by atomic mass is 15.0. The van der Waals surface area contributed by atoms with Crippen LogP contribution in [-0.2, 0) is 10.8 Å². The molecule has 0 saturated heterocycles. The van der Waals surface area contributed by atoms with Crippen molar-refractivity contribution in [3.05, 3.63) is 501 Å². The number of benzene rings is 26. The number of fused-ring (bicyclic) bond motifs is 9. The number of hydrogen-bond donors (Lipinski definition) is 0. The molecule has 0 aliphatic rings. The van der Waals surface area contributed by atoms with Crippen LogP contribution >= 0.6 is 0 Å². The van der Waals surface area contributed by atoms with Gasteiger partial charge in [-0.1, -0.05) is 423 Å². The maximum absolute atomic E-state index is 2.45. The maximum atomic E-state index is 2.45. The van der Waals surface area contributed by atoms with Gasteiger partial charge in [0.15, 0.2) is 0 Å². The first-order valence-electron chi connectivity index (χ1n) is 50.9. The van der Waals surface area contributed by atoms with Gasteiger partial charge in [-0.25, -0.2) is 0 Å². The van der Waals surface area contributed by atoms with Crippen molar-refractivity contribution < 1.29 is 0 Å². The van der Waals surface area contributed by atoms with E-state index in [2.05, 4.69) is 548 Å². The molecule has 0 spiro atoms. The molecule has 3 nitrogen and oxygen atoms in total. The topological polar surface area (TPSA) is 14.8 Å². The summed E-state index contributed by atoms with van der Waals surface area (Å²) in [4.78, 5) is 0. The smallest absolute Gasteiger partial charge is 0.0541 e. The number of nitrogens with zero attached hydrogens (tertiary/aromatic N) is 3. The number of hydrogen-bond acceptors (Lipinski definition) is 0. The molecule has 26 aromatic carbocycles. The minimum Gasteiger partial charge on any atom is -0.309 e. The molecule has 0 radical (unpaired) electrons. The van der Waals surface area contributed by atoms with Crippen LogP contribution in [0.5, 0.6) is 0 Å². The lowest BCUT2D eigenvalue weighted by molar-refractivity contribution is 0.590. The molecule has 29 aromatic rings. The molecule has 0 saturated carbocycles. The predicted octanol–water partition coefficient (Wildman–Crippen LogP) is 39.6. The molecule has 686 valence electrons. The zero-order chi connectivity index (χ0) is 97.2. The molecule has 0 N–H and O–H groups in total.